The van der Waals surface area contributed by atoms with Gasteiger partial charge in [0.25, 0.3) is 5.56 Å². The molecule has 0 N–H and O–H groups in total. The molecule has 4 rings (SSSR count). The van der Waals surface area contributed by atoms with Crippen LogP contribution in [0.1, 0.15) is 6.42 Å². The van der Waals surface area contributed by atoms with Crippen LogP contribution in [-0.2, 0) is 0 Å². The molecule has 0 saturated carbocycles. The lowest BCUT2D eigenvalue weighted by Gasteiger charge is -2.13. The minimum absolute atomic E-state index is 0.119. The van der Waals surface area contributed by atoms with Crippen LogP contribution >= 0.6 is 23.4 Å². The van der Waals surface area contributed by atoms with Gasteiger partial charge in [-0.15, -0.1) is 0 Å². The Labute approximate surface area is 178 Å². The summed E-state index contributed by atoms with van der Waals surface area (Å²) in [6, 6.07) is 15.6. The van der Waals surface area contributed by atoms with Gasteiger partial charge in [0, 0.05) is 16.5 Å². The third-order valence-electron chi connectivity index (χ3n) is 4.28. The number of imidazole rings is 1. The van der Waals surface area contributed by atoms with Crippen LogP contribution in [0.15, 0.2) is 70.9 Å². The third kappa shape index (κ3) is 4.22. The Bertz CT molecular complexity index is 1240. The molecule has 0 bridgehead atoms. The van der Waals surface area contributed by atoms with Gasteiger partial charge in [-0.25, -0.2) is 9.97 Å². The van der Waals surface area contributed by atoms with Gasteiger partial charge in [-0.3, -0.25) is 13.9 Å². The van der Waals surface area contributed by atoms with Gasteiger partial charge in [-0.2, -0.15) is 13.2 Å². The summed E-state index contributed by atoms with van der Waals surface area (Å²) in [5.74, 6) is -0.269. The fourth-order valence-corrected chi connectivity index (χ4v) is 3.99. The van der Waals surface area contributed by atoms with Crippen LogP contribution < -0.4 is 5.56 Å². The van der Waals surface area contributed by atoms with E-state index in [0.29, 0.717) is 10.7 Å². The van der Waals surface area contributed by atoms with Crippen molar-refractivity contribution in [2.75, 3.05) is 5.75 Å². The first-order chi connectivity index (χ1) is 14.3. The van der Waals surface area contributed by atoms with Crippen LogP contribution in [0.2, 0.25) is 5.02 Å². The van der Waals surface area contributed by atoms with Gasteiger partial charge in [0.15, 0.2) is 16.3 Å². The van der Waals surface area contributed by atoms with Crippen LogP contribution in [-0.4, -0.2) is 31.0 Å². The minimum atomic E-state index is -4.30. The Hall–Kier alpha value is -2.78. The highest BCUT2D eigenvalue weighted by atomic mass is 35.5. The SMILES string of the molecule is O=c1c2ncn(-c3ccccc3)c2nc(SCCC(F)(F)F)n1-c1ccc(Cl)cc1. The first kappa shape index (κ1) is 20.5. The molecule has 0 saturated heterocycles. The zero-order valence-corrected chi connectivity index (χ0v) is 16.9. The Kier molecular flexibility index (Phi) is 5.57. The maximum Gasteiger partial charge on any atom is 0.389 e. The number of halogens is 4. The monoisotopic (exact) mass is 450 g/mol. The quantitative estimate of drug-likeness (QED) is 0.307. The molecule has 0 aliphatic heterocycles. The number of hydrogen-bond donors (Lipinski definition) is 0. The van der Waals surface area contributed by atoms with Crippen molar-refractivity contribution in [1.29, 1.82) is 0 Å². The molecule has 0 atom stereocenters. The summed E-state index contributed by atoms with van der Waals surface area (Å²) in [7, 11) is 0. The number of nitrogens with zero attached hydrogens (tertiary/aromatic N) is 4. The third-order valence-corrected chi connectivity index (χ3v) is 5.47. The van der Waals surface area contributed by atoms with Crippen molar-refractivity contribution < 1.29 is 13.2 Å². The molecule has 2 aromatic carbocycles. The second-order valence-corrected chi connectivity index (χ2v) is 7.85. The lowest BCUT2D eigenvalue weighted by molar-refractivity contribution is -0.129. The molecule has 4 aromatic rings. The summed E-state index contributed by atoms with van der Waals surface area (Å²) in [5.41, 5.74) is 1.12. The summed E-state index contributed by atoms with van der Waals surface area (Å²) >= 11 is 6.80. The molecule has 0 aliphatic carbocycles. The van der Waals surface area contributed by atoms with Gasteiger partial charge >= 0.3 is 6.18 Å². The normalized spacial score (nSPS) is 11.9. The molecule has 0 aliphatic rings. The summed E-state index contributed by atoms with van der Waals surface area (Å²) in [6.45, 7) is 0. The molecule has 0 radical (unpaired) electrons. The Morgan fingerprint density at radius 2 is 1.70 bits per heavy atom. The number of benzene rings is 2. The standard InChI is InChI=1S/C20H14ClF3N4OS/c21-13-6-8-15(9-7-13)28-18(29)16-17(26-19(28)30-11-10-20(22,23)24)27(12-25-16)14-4-2-1-3-5-14/h1-9,12H,10-11H2. The number of para-hydroxylation sites is 1. The summed E-state index contributed by atoms with van der Waals surface area (Å²) in [6.07, 6.45) is -3.82. The van der Waals surface area contributed by atoms with E-state index in [1.54, 1.807) is 28.8 Å². The van der Waals surface area contributed by atoms with E-state index in [-0.39, 0.29) is 22.1 Å². The molecule has 0 unspecified atom stereocenters. The molecule has 0 amide bonds. The first-order valence-electron chi connectivity index (χ1n) is 8.84. The fraction of sp³-hybridized carbons (Fsp3) is 0.150. The number of thioether (sulfide) groups is 1. The Morgan fingerprint density at radius 3 is 2.37 bits per heavy atom. The maximum atomic E-state index is 13.2. The van der Waals surface area contributed by atoms with E-state index in [0.717, 1.165) is 17.4 Å². The van der Waals surface area contributed by atoms with E-state index in [1.165, 1.54) is 10.9 Å². The summed E-state index contributed by atoms with van der Waals surface area (Å²) in [4.78, 5) is 21.9. The van der Waals surface area contributed by atoms with Crippen LogP contribution in [0.5, 0.6) is 0 Å². The molecule has 0 fully saturated rings. The van der Waals surface area contributed by atoms with E-state index in [1.807, 2.05) is 30.3 Å². The highest BCUT2D eigenvalue weighted by Gasteiger charge is 2.27. The van der Waals surface area contributed by atoms with Gasteiger partial charge in [0.05, 0.1) is 12.1 Å². The Morgan fingerprint density at radius 1 is 1.00 bits per heavy atom. The van der Waals surface area contributed by atoms with Crippen LogP contribution in [0.25, 0.3) is 22.5 Å². The second kappa shape index (κ2) is 8.16. The first-order valence-corrected chi connectivity index (χ1v) is 10.2. The predicted octanol–water partition coefficient (Wildman–Crippen LogP) is 5.27. The summed E-state index contributed by atoms with van der Waals surface area (Å²) < 4.78 is 40.9. The zero-order chi connectivity index (χ0) is 21.3. The fourth-order valence-electron chi connectivity index (χ4n) is 2.88. The second-order valence-electron chi connectivity index (χ2n) is 6.35. The van der Waals surface area contributed by atoms with Crippen LogP contribution in [0.3, 0.4) is 0 Å². The van der Waals surface area contributed by atoms with Gasteiger partial charge < -0.3 is 0 Å². The molecule has 2 aromatic heterocycles. The minimum Gasteiger partial charge on any atom is -0.283 e. The molecule has 30 heavy (non-hydrogen) atoms. The maximum absolute atomic E-state index is 13.2. The molecule has 2 heterocycles. The molecule has 0 spiro atoms. The average molecular weight is 451 g/mol. The van der Waals surface area contributed by atoms with Crippen molar-refractivity contribution in [3.05, 3.63) is 76.3 Å². The summed E-state index contributed by atoms with van der Waals surface area (Å²) in [5, 5.41) is 0.622. The number of alkyl halides is 3. The lowest BCUT2D eigenvalue weighted by Crippen LogP contribution is -2.22. The highest BCUT2D eigenvalue weighted by Crippen LogP contribution is 2.27. The van der Waals surface area contributed by atoms with Crippen molar-refractivity contribution in [3.8, 4) is 11.4 Å². The lowest BCUT2D eigenvalue weighted by atomic mass is 10.3. The van der Waals surface area contributed by atoms with Crippen molar-refractivity contribution in [2.24, 2.45) is 0 Å². The topological polar surface area (TPSA) is 52.7 Å². The molecule has 154 valence electrons. The van der Waals surface area contributed by atoms with E-state index < -0.39 is 18.2 Å². The predicted molar refractivity (Wildman–Crippen MR) is 111 cm³/mol. The largest absolute Gasteiger partial charge is 0.389 e. The van der Waals surface area contributed by atoms with Crippen LogP contribution in [0.4, 0.5) is 13.2 Å². The van der Waals surface area contributed by atoms with Crippen molar-refractivity contribution in [1.82, 2.24) is 19.1 Å². The van der Waals surface area contributed by atoms with E-state index in [4.69, 9.17) is 11.6 Å². The highest BCUT2D eigenvalue weighted by molar-refractivity contribution is 7.99. The zero-order valence-electron chi connectivity index (χ0n) is 15.3. The van der Waals surface area contributed by atoms with E-state index in [2.05, 4.69) is 9.97 Å². The Balaban J connectivity index is 1.88. The van der Waals surface area contributed by atoms with Crippen molar-refractivity contribution in [2.45, 2.75) is 17.8 Å². The molecular formula is C20H14ClF3N4OS. The number of aromatic nitrogens is 4. The van der Waals surface area contributed by atoms with Gasteiger partial charge in [0.1, 0.15) is 6.33 Å². The molecule has 5 nitrogen and oxygen atoms in total. The van der Waals surface area contributed by atoms with Crippen molar-refractivity contribution in [3.63, 3.8) is 0 Å². The van der Waals surface area contributed by atoms with Crippen molar-refractivity contribution >= 4 is 34.5 Å². The van der Waals surface area contributed by atoms with E-state index >= 15 is 0 Å². The number of rotatable bonds is 5. The number of fused-ring (bicyclic) bond motifs is 1. The van der Waals surface area contributed by atoms with Crippen LogP contribution in [0, 0.1) is 0 Å². The van der Waals surface area contributed by atoms with E-state index in [9.17, 15) is 18.0 Å². The molecular weight excluding hydrogens is 437 g/mol. The average Bonchev–Trinajstić information content (AvgIpc) is 3.13. The molecule has 10 heteroatoms. The van der Waals surface area contributed by atoms with Gasteiger partial charge in [0.2, 0.25) is 0 Å². The number of hydrogen-bond acceptors (Lipinski definition) is 4. The van der Waals surface area contributed by atoms with Gasteiger partial charge in [-0.05, 0) is 36.4 Å². The van der Waals surface area contributed by atoms with Gasteiger partial charge in [-0.1, -0.05) is 41.6 Å². The smallest absolute Gasteiger partial charge is 0.283 e.